The van der Waals surface area contributed by atoms with Crippen molar-refractivity contribution in [1.29, 1.82) is 0 Å². The molecular weight excluding hydrogens is 250 g/mol. The Balaban J connectivity index is 2.65. The third kappa shape index (κ3) is 4.35. The van der Waals surface area contributed by atoms with Gasteiger partial charge in [-0.1, -0.05) is 48.8 Å². The van der Waals surface area contributed by atoms with E-state index in [1.165, 1.54) is 5.56 Å². The summed E-state index contributed by atoms with van der Waals surface area (Å²) in [6.45, 7) is 7.77. The number of benzene rings is 1. The van der Waals surface area contributed by atoms with E-state index in [0.717, 1.165) is 17.4 Å². The second-order valence-electron chi connectivity index (χ2n) is 4.32. The number of nitrogens with one attached hydrogen (secondary N) is 1. The lowest BCUT2D eigenvalue weighted by molar-refractivity contribution is 0.464. The van der Waals surface area contributed by atoms with Crippen molar-refractivity contribution in [2.75, 3.05) is 6.54 Å². The third-order valence-electron chi connectivity index (χ3n) is 2.43. The van der Waals surface area contributed by atoms with Gasteiger partial charge < -0.3 is 5.32 Å². The monoisotopic (exact) mass is 269 g/mol. The van der Waals surface area contributed by atoms with E-state index in [9.17, 15) is 0 Å². The highest BCUT2D eigenvalue weighted by Crippen LogP contribution is 2.20. The first-order chi connectivity index (χ1) is 7.13. The molecule has 0 aliphatic carbocycles. The second kappa shape index (κ2) is 6.29. The highest BCUT2D eigenvalue weighted by atomic mass is 79.9. The summed E-state index contributed by atoms with van der Waals surface area (Å²) in [6, 6.07) is 9.02. The number of halogens is 1. The fourth-order valence-corrected chi connectivity index (χ4v) is 2.02. The maximum atomic E-state index is 3.59. The van der Waals surface area contributed by atoms with Crippen LogP contribution < -0.4 is 5.32 Å². The topological polar surface area (TPSA) is 12.0 Å². The maximum Gasteiger partial charge on any atom is 0.0318 e. The maximum absolute atomic E-state index is 3.59. The van der Waals surface area contributed by atoms with Gasteiger partial charge in [0.2, 0.25) is 0 Å². The number of rotatable bonds is 5. The van der Waals surface area contributed by atoms with Crippen molar-refractivity contribution in [1.82, 2.24) is 5.32 Å². The summed E-state index contributed by atoms with van der Waals surface area (Å²) < 4.78 is 1.16. The molecule has 1 unspecified atom stereocenters. The van der Waals surface area contributed by atoms with E-state index >= 15 is 0 Å². The van der Waals surface area contributed by atoms with Crippen molar-refractivity contribution in [2.24, 2.45) is 5.92 Å². The van der Waals surface area contributed by atoms with Gasteiger partial charge in [-0.25, -0.2) is 0 Å². The van der Waals surface area contributed by atoms with E-state index in [4.69, 9.17) is 0 Å². The van der Waals surface area contributed by atoms with Crippen molar-refractivity contribution in [3.05, 3.63) is 34.3 Å². The molecule has 84 valence electrons. The minimum Gasteiger partial charge on any atom is -0.310 e. The Morgan fingerprint density at radius 1 is 1.33 bits per heavy atom. The van der Waals surface area contributed by atoms with Crippen LogP contribution in [0.3, 0.4) is 0 Å². The molecule has 1 N–H and O–H groups in total. The van der Waals surface area contributed by atoms with Crippen molar-refractivity contribution in [3.8, 4) is 0 Å². The van der Waals surface area contributed by atoms with Crippen LogP contribution >= 0.6 is 15.9 Å². The van der Waals surface area contributed by atoms with Crippen LogP contribution in [0.4, 0.5) is 0 Å². The quantitative estimate of drug-likeness (QED) is 0.847. The van der Waals surface area contributed by atoms with Gasteiger partial charge in [-0.15, -0.1) is 0 Å². The molecule has 0 amide bonds. The second-order valence-corrected chi connectivity index (χ2v) is 5.23. The molecule has 1 aromatic rings. The van der Waals surface area contributed by atoms with Crippen LogP contribution in [0, 0.1) is 5.92 Å². The van der Waals surface area contributed by atoms with Gasteiger partial charge in [-0.05, 0) is 36.6 Å². The molecule has 0 aliphatic rings. The minimum absolute atomic E-state index is 0.477. The number of hydrogen-bond donors (Lipinski definition) is 1. The molecule has 0 spiro atoms. The van der Waals surface area contributed by atoms with E-state index in [0.29, 0.717) is 12.0 Å². The Bertz CT molecular complexity index is 296. The molecule has 1 nitrogen and oxygen atoms in total. The molecule has 1 rings (SSSR count). The van der Waals surface area contributed by atoms with Gasteiger partial charge >= 0.3 is 0 Å². The van der Waals surface area contributed by atoms with Crippen molar-refractivity contribution >= 4 is 15.9 Å². The predicted molar refractivity (Wildman–Crippen MR) is 70.0 cm³/mol. The van der Waals surface area contributed by atoms with E-state index in [-0.39, 0.29) is 0 Å². The molecule has 0 fully saturated rings. The van der Waals surface area contributed by atoms with E-state index < -0.39 is 0 Å². The summed E-state index contributed by atoms with van der Waals surface area (Å²) in [7, 11) is 0. The van der Waals surface area contributed by atoms with Gasteiger partial charge in [-0.3, -0.25) is 0 Å². The fourth-order valence-electron chi connectivity index (χ4n) is 1.60. The number of hydrogen-bond acceptors (Lipinski definition) is 1. The third-order valence-corrected chi connectivity index (χ3v) is 2.93. The van der Waals surface area contributed by atoms with Gasteiger partial charge in [-0.2, -0.15) is 0 Å². The van der Waals surface area contributed by atoms with Crippen LogP contribution in [0.5, 0.6) is 0 Å². The molecule has 0 aromatic heterocycles. The van der Waals surface area contributed by atoms with E-state index in [1.807, 2.05) is 0 Å². The van der Waals surface area contributed by atoms with E-state index in [2.05, 4.69) is 66.3 Å². The van der Waals surface area contributed by atoms with Crippen LogP contribution in [0.15, 0.2) is 28.7 Å². The van der Waals surface area contributed by atoms with Crippen LogP contribution in [0.25, 0.3) is 0 Å². The Morgan fingerprint density at radius 2 is 2.07 bits per heavy atom. The van der Waals surface area contributed by atoms with Gasteiger partial charge in [0.25, 0.3) is 0 Å². The molecule has 2 heteroatoms. The standard InChI is InChI=1S/C13H20BrN/c1-4-13(15-9-10(2)3)11-6-5-7-12(14)8-11/h5-8,10,13,15H,4,9H2,1-3H3. The highest BCUT2D eigenvalue weighted by Gasteiger charge is 2.08. The van der Waals surface area contributed by atoms with Crippen molar-refractivity contribution in [3.63, 3.8) is 0 Å². The average Bonchev–Trinajstić information content (AvgIpc) is 2.18. The normalized spacial score (nSPS) is 13.1. The molecule has 0 saturated carbocycles. The molecule has 0 heterocycles. The zero-order chi connectivity index (χ0) is 11.3. The summed E-state index contributed by atoms with van der Waals surface area (Å²) >= 11 is 3.51. The van der Waals surface area contributed by atoms with Gasteiger partial charge in [0.15, 0.2) is 0 Å². The summed E-state index contributed by atoms with van der Waals surface area (Å²) in [4.78, 5) is 0. The smallest absolute Gasteiger partial charge is 0.0318 e. The SMILES string of the molecule is CCC(NCC(C)C)c1cccc(Br)c1. The Morgan fingerprint density at radius 3 is 2.60 bits per heavy atom. The van der Waals surface area contributed by atoms with Crippen molar-refractivity contribution < 1.29 is 0 Å². The van der Waals surface area contributed by atoms with Crippen LogP contribution in [0.1, 0.15) is 38.8 Å². The molecule has 15 heavy (non-hydrogen) atoms. The average molecular weight is 270 g/mol. The first-order valence-corrected chi connectivity index (χ1v) is 6.41. The van der Waals surface area contributed by atoms with Gasteiger partial charge in [0, 0.05) is 10.5 Å². The summed E-state index contributed by atoms with van der Waals surface area (Å²) in [6.07, 6.45) is 1.13. The van der Waals surface area contributed by atoms with Crippen LogP contribution in [0.2, 0.25) is 0 Å². The van der Waals surface area contributed by atoms with Crippen LogP contribution in [-0.4, -0.2) is 6.54 Å². The zero-order valence-electron chi connectivity index (χ0n) is 9.76. The fraction of sp³-hybridized carbons (Fsp3) is 0.538. The van der Waals surface area contributed by atoms with Gasteiger partial charge in [0.1, 0.15) is 0 Å². The molecule has 0 aliphatic heterocycles. The molecule has 1 aromatic carbocycles. The Labute approximate surface area is 101 Å². The summed E-state index contributed by atoms with van der Waals surface area (Å²) in [5, 5.41) is 3.59. The predicted octanol–water partition coefficient (Wildman–Crippen LogP) is 4.15. The summed E-state index contributed by atoms with van der Waals surface area (Å²) in [5.41, 5.74) is 1.37. The molecular formula is C13H20BrN. The van der Waals surface area contributed by atoms with Gasteiger partial charge in [0.05, 0.1) is 0 Å². The molecule has 0 saturated heterocycles. The van der Waals surface area contributed by atoms with Crippen LogP contribution in [-0.2, 0) is 0 Å². The molecule has 0 bridgehead atoms. The summed E-state index contributed by atoms with van der Waals surface area (Å²) in [5.74, 6) is 0.700. The minimum atomic E-state index is 0.477. The first-order valence-electron chi connectivity index (χ1n) is 5.62. The zero-order valence-corrected chi connectivity index (χ0v) is 11.3. The lowest BCUT2D eigenvalue weighted by atomic mass is 10.0. The lowest BCUT2D eigenvalue weighted by Crippen LogP contribution is -2.24. The largest absolute Gasteiger partial charge is 0.310 e. The molecule has 0 radical (unpaired) electrons. The van der Waals surface area contributed by atoms with E-state index in [1.54, 1.807) is 0 Å². The first kappa shape index (κ1) is 12.7. The Hall–Kier alpha value is -0.340. The highest BCUT2D eigenvalue weighted by molar-refractivity contribution is 9.10. The Kier molecular flexibility index (Phi) is 5.34. The lowest BCUT2D eigenvalue weighted by Gasteiger charge is -2.19. The molecule has 1 atom stereocenters. The van der Waals surface area contributed by atoms with Crippen molar-refractivity contribution in [2.45, 2.75) is 33.2 Å².